The van der Waals surface area contributed by atoms with Crippen LogP contribution in [0.1, 0.15) is 50.5 Å². The average Bonchev–Trinajstić information content (AvgIpc) is 2.14. The lowest BCUT2D eigenvalue weighted by atomic mass is 9.85. The van der Waals surface area contributed by atoms with Gasteiger partial charge in [0.2, 0.25) is 0 Å². The van der Waals surface area contributed by atoms with E-state index in [1.54, 1.807) is 12.1 Å². The Morgan fingerprint density at radius 3 is 1.75 bits per heavy atom. The summed E-state index contributed by atoms with van der Waals surface area (Å²) in [6, 6.07) is 7.44. The third-order valence-electron chi connectivity index (χ3n) is 2.57. The van der Waals surface area contributed by atoms with E-state index in [0.29, 0.717) is 5.56 Å². The Bertz CT molecular complexity index is 375. The van der Waals surface area contributed by atoms with E-state index in [2.05, 4.69) is 20.8 Å². The maximum atomic E-state index is 11.8. The van der Waals surface area contributed by atoms with Crippen molar-refractivity contribution in [2.45, 2.75) is 45.6 Å². The first kappa shape index (κ1) is 12.9. The van der Waals surface area contributed by atoms with Crippen molar-refractivity contribution >= 4 is 5.78 Å². The smallest absolute Gasteiger partial charge is 0.193 e. The number of hydrogen-bond acceptors (Lipinski definition) is 2. The second kappa shape index (κ2) is 4.02. The van der Waals surface area contributed by atoms with Crippen LogP contribution in [-0.4, -0.2) is 16.5 Å². The zero-order chi connectivity index (χ0) is 12.6. The number of Topliss-reactive ketones (excluding diaryl/α,β-unsaturated/α-hetero) is 1. The number of carbonyl (C=O) groups excluding carboxylic acids is 1. The highest BCUT2D eigenvalue weighted by atomic mass is 16.3. The Morgan fingerprint density at radius 1 is 1.00 bits per heavy atom. The molecule has 16 heavy (non-hydrogen) atoms. The minimum atomic E-state index is -1.30. The predicted octanol–water partition coefficient (Wildman–Crippen LogP) is 2.94. The van der Waals surface area contributed by atoms with Gasteiger partial charge in [-0.15, -0.1) is 0 Å². The Balaban J connectivity index is 3.01. The van der Waals surface area contributed by atoms with E-state index < -0.39 is 5.60 Å². The van der Waals surface area contributed by atoms with Crippen LogP contribution < -0.4 is 0 Å². The third kappa shape index (κ3) is 2.92. The van der Waals surface area contributed by atoms with Crippen LogP contribution in [0, 0.1) is 0 Å². The molecule has 1 rings (SSSR count). The van der Waals surface area contributed by atoms with Gasteiger partial charge in [-0.05, 0) is 24.8 Å². The standard InChI is InChI=1S/C14H20O2/c1-13(2,3)11-8-6-10(7-9-11)12(15)14(4,5)16/h6-9,16H,1-5H3. The number of ketones is 1. The lowest BCUT2D eigenvalue weighted by Gasteiger charge is -2.20. The fraction of sp³-hybridized carbons (Fsp3) is 0.500. The normalized spacial score (nSPS) is 12.6. The van der Waals surface area contributed by atoms with Crippen molar-refractivity contribution in [3.63, 3.8) is 0 Å². The van der Waals surface area contributed by atoms with Gasteiger partial charge < -0.3 is 5.11 Å². The Labute approximate surface area is 97.3 Å². The predicted molar refractivity (Wildman–Crippen MR) is 65.8 cm³/mol. The summed E-state index contributed by atoms with van der Waals surface area (Å²) in [6.45, 7) is 9.39. The first-order valence-corrected chi connectivity index (χ1v) is 5.50. The molecule has 1 N–H and O–H groups in total. The van der Waals surface area contributed by atoms with Crippen LogP contribution in [0.3, 0.4) is 0 Å². The van der Waals surface area contributed by atoms with E-state index in [-0.39, 0.29) is 11.2 Å². The van der Waals surface area contributed by atoms with Gasteiger partial charge in [-0.2, -0.15) is 0 Å². The zero-order valence-corrected chi connectivity index (χ0v) is 10.7. The van der Waals surface area contributed by atoms with Crippen LogP contribution in [0.2, 0.25) is 0 Å². The summed E-state index contributed by atoms with van der Waals surface area (Å²) in [5, 5.41) is 9.62. The van der Waals surface area contributed by atoms with Crippen LogP contribution in [0.4, 0.5) is 0 Å². The van der Waals surface area contributed by atoms with Crippen molar-refractivity contribution in [3.05, 3.63) is 35.4 Å². The molecule has 2 nitrogen and oxygen atoms in total. The highest BCUT2D eigenvalue weighted by Gasteiger charge is 2.25. The molecule has 0 aliphatic carbocycles. The van der Waals surface area contributed by atoms with Gasteiger partial charge in [0.1, 0.15) is 5.60 Å². The molecule has 1 aromatic rings. The Kier molecular flexibility index (Phi) is 3.25. The molecule has 0 spiro atoms. The van der Waals surface area contributed by atoms with Crippen molar-refractivity contribution in [1.29, 1.82) is 0 Å². The molecule has 0 aliphatic rings. The molecule has 0 bridgehead atoms. The fourth-order valence-electron chi connectivity index (χ4n) is 1.47. The van der Waals surface area contributed by atoms with Gasteiger partial charge in [0.05, 0.1) is 0 Å². The van der Waals surface area contributed by atoms with Crippen molar-refractivity contribution in [1.82, 2.24) is 0 Å². The molecule has 0 saturated heterocycles. The molecule has 0 aromatic heterocycles. The molecule has 0 atom stereocenters. The molecular formula is C14H20O2. The highest BCUT2D eigenvalue weighted by Crippen LogP contribution is 2.23. The average molecular weight is 220 g/mol. The fourth-order valence-corrected chi connectivity index (χ4v) is 1.47. The SMILES string of the molecule is CC(C)(O)C(=O)c1ccc(C(C)(C)C)cc1. The summed E-state index contributed by atoms with van der Waals surface area (Å²) in [6.07, 6.45) is 0. The van der Waals surface area contributed by atoms with Gasteiger partial charge in [-0.25, -0.2) is 0 Å². The van der Waals surface area contributed by atoms with Gasteiger partial charge in [0.15, 0.2) is 5.78 Å². The molecule has 88 valence electrons. The highest BCUT2D eigenvalue weighted by molar-refractivity contribution is 6.01. The summed E-state index contributed by atoms with van der Waals surface area (Å²) in [5.41, 5.74) is 0.514. The molecule has 1 aromatic carbocycles. The monoisotopic (exact) mass is 220 g/mol. The summed E-state index contributed by atoms with van der Waals surface area (Å²) >= 11 is 0. The van der Waals surface area contributed by atoms with Crippen LogP contribution in [0.15, 0.2) is 24.3 Å². The molecule has 0 heterocycles. The topological polar surface area (TPSA) is 37.3 Å². The first-order valence-electron chi connectivity index (χ1n) is 5.50. The van der Waals surface area contributed by atoms with E-state index in [9.17, 15) is 9.90 Å². The quantitative estimate of drug-likeness (QED) is 0.778. The number of rotatable bonds is 2. The maximum absolute atomic E-state index is 11.8. The molecule has 0 fully saturated rings. The van der Waals surface area contributed by atoms with E-state index >= 15 is 0 Å². The number of carbonyl (C=O) groups is 1. The molecular weight excluding hydrogens is 200 g/mol. The molecule has 0 saturated carbocycles. The maximum Gasteiger partial charge on any atom is 0.193 e. The van der Waals surface area contributed by atoms with Crippen LogP contribution in [0.25, 0.3) is 0 Å². The van der Waals surface area contributed by atoms with Crippen LogP contribution in [-0.2, 0) is 5.41 Å². The van der Waals surface area contributed by atoms with Gasteiger partial charge in [0.25, 0.3) is 0 Å². The summed E-state index contributed by atoms with van der Waals surface area (Å²) in [5.74, 6) is -0.243. The molecule has 0 aliphatic heterocycles. The molecule has 0 unspecified atom stereocenters. The summed E-state index contributed by atoms with van der Waals surface area (Å²) < 4.78 is 0. The largest absolute Gasteiger partial charge is 0.382 e. The summed E-state index contributed by atoms with van der Waals surface area (Å²) in [4.78, 5) is 11.8. The molecule has 0 radical (unpaired) electrons. The van der Waals surface area contributed by atoms with Gasteiger partial charge in [-0.3, -0.25) is 4.79 Å². The number of aliphatic hydroxyl groups is 1. The van der Waals surface area contributed by atoms with Crippen molar-refractivity contribution in [2.75, 3.05) is 0 Å². The molecule has 2 heteroatoms. The number of benzene rings is 1. The Hall–Kier alpha value is -1.15. The van der Waals surface area contributed by atoms with Crippen LogP contribution >= 0.6 is 0 Å². The van der Waals surface area contributed by atoms with Crippen molar-refractivity contribution in [3.8, 4) is 0 Å². The minimum absolute atomic E-state index is 0.0797. The van der Waals surface area contributed by atoms with E-state index in [1.165, 1.54) is 19.4 Å². The van der Waals surface area contributed by atoms with E-state index in [0.717, 1.165) is 0 Å². The second-order valence-electron chi connectivity index (χ2n) is 5.72. The van der Waals surface area contributed by atoms with Crippen molar-refractivity contribution < 1.29 is 9.90 Å². The third-order valence-corrected chi connectivity index (χ3v) is 2.57. The second-order valence-corrected chi connectivity index (χ2v) is 5.72. The Morgan fingerprint density at radius 2 is 1.44 bits per heavy atom. The van der Waals surface area contributed by atoms with Gasteiger partial charge >= 0.3 is 0 Å². The lowest BCUT2D eigenvalue weighted by molar-refractivity contribution is 0.0488. The van der Waals surface area contributed by atoms with Crippen LogP contribution in [0.5, 0.6) is 0 Å². The minimum Gasteiger partial charge on any atom is -0.382 e. The van der Waals surface area contributed by atoms with Gasteiger partial charge in [-0.1, -0.05) is 45.0 Å². The van der Waals surface area contributed by atoms with Gasteiger partial charge in [0, 0.05) is 5.56 Å². The van der Waals surface area contributed by atoms with E-state index in [4.69, 9.17) is 0 Å². The molecule has 0 amide bonds. The zero-order valence-electron chi connectivity index (χ0n) is 10.7. The van der Waals surface area contributed by atoms with E-state index in [1.807, 2.05) is 12.1 Å². The number of hydrogen-bond donors (Lipinski definition) is 1. The first-order chi connectivity index (χ1) is 7.12. The summed E-state index contributed by atoms with van der Waals surface area (Å²) in [7, 11) is 0. The van der Waals surface area contributed by atoms with Crippen molar-refractivity contribution in [2.24, 2.45) is 0 Å². The lowest BCUT2D eigenvalue weighted by Crippen LogP contribution is -2.31.